The lowest BCUT2D eigenvalue weighted by atomic mass is 10.2. The molecule has 0 saturated heterocycles. The number of amides is 2. The Hall–Kier alpha value is -3.07. The highest BCUT2D eigenvalue weighted by Gasteiger charge is 2.08. The number of nitro groups is 1. The van der Waals surface area contributed by atoms with Crippen molar-refractivity contribution in [2.75, 3.05) is 6.54 Å². The molecule has 0 bridgehead atoms. The first kappa shape index (κ1) is 16.3. The van der Waals surface area contributed by atoms with Gasteiger partial charge in [0.2, 0.25) is 0 Å². The molecule has 9 heteroatoms. The van der Waals surface area contributed by atoms with Gasteiger partial charge in [-0.1, -0.05) is 18.2 Å². The Bertz CT molecular complexity index is 743. The topological polar surface area (TPSA) is 114 Å². The SMILES string of the molecule is O=C(CNC(=O)c1cccs1)NN=Cc1cccc([N+](=O)[O-])c1. The van der Waals surface area contributed by atoms with Crippen LogP contribution in [0.4, 0.5) is 5.69 Å². The highest BCUT2D eigenvalue weighted by Crippen LogP contribution is 2.11. The number of hydrogen-bond acceptors (Lipinski definition) is 6. The number of nitro benzene ring substituents is 1. The van der Waals surface area contributed by atoms with Crippen molar-refractivity contribution in [3.8, 4) is 0 Å². The molecule has 2 aromatic rings. The number of benzene rings is 1. The Morgan fingerprint density at radius 1 is 1.30 bits per heavy atom. The Balaban J connectivity index is 1.81. The van der Waals surface area contributed by atoms with E-state index < -0.39 is 10.8 Å². The number of nitrogens with one attached hydrogen (secondary N) is 2. The summed E-state index contributed by atoms with van der Waals surface area (Å²) < 4.78 is 0. The number of thiophene rings is 1. The van der Waals surface area contributed by atoms with Gasteiger partial charge in [0.1, 0.15) is 0 Å². The van der Waals surface area contributed by atoms with Crippen LogP contribution < -0.4 is 10.7 Å². The Morgan fingerprint density at radius 2 is 2.13 bits per heavy atom. The van der Waals surface area contributed by atoms with E-state index >= 15 is 0 Å². The number of hydrazone groups is 1. The molecule has 0 radical (unpaired) electrons. The summed E-state index contributed by atoms with van der Waals surface area (Å²) in [7, 11) is 0. The van der Waals surface area contributed by atoms with Crippen LogP contribution in [0.2, 0.25) is 0 Å². The average molecular weight is 332 g/mol. The second-order valence-corrected chi connectivity index (χ2v) is 5.25. The summed E-state index contributed by atoms with van der Waals surface area (Å²) in [5.74, 6) is -0.839. The molecule has 0 fully saturated rings. The van der Waals surface area contributed by atoms with E-state index in [1.807, 2.05) is 0 Å². The Labute approximate surface area is 135 Å². The van der Waals surface area contributed by atoms with Crippen molar-refractivity contribution in [1.29, 1.82) is 0 Å². The van der Waals surface area contributed by atoms with Crippen LogP contribution in [-0.4, -0.2) is 29.5 Å². The number of rotatable bonds is 6. The van der Waals surface area contributed by atoms with Gasteiger partial charge in [-0.2, -0.15) is 5.10 Å². The molecular formula is C14H12N4O4S. The van der Waals surface area contributed by atoms with Crippen LogP contribution in [0.5, 0.6) is 0 Å². The maximum atomic E-state index is 11.6. The van der Waals surface area contributed by atoms with E-state index in [1.165, 1.54) is 35.8 Å². The average Bonchev–Trinajstić information content (AvgIpc) is 3.07. The molecule has 1 aromatic carbocycles. The van der Waals surface area contributed by atoms with Crippen LogP contribution >= 0.6 is 11.3 Å². The molecule has 0 aliphatic heterocycles. The maximum absolute atomic E-state index is 11.6. The zero-order chi connectivity index (χ0) is 16.7. The molecule has 2 amide bonds. The number of nitrogens with zero attached hydrogens (tertiary/aromatic N) is 2. The van der Waals surface area contributed by atoms with Crippen molar-refractivity contribution < 1.29 is 14.5 Å². The molecule has 2 rings (SSSR count). The zero-order valence-electron chi connectivity index (χ0n) is 11.8. The molecule has 0 aliphatic rings. The summed E-state index contributed by atoms with van der Waals surface area (Å²) in [4.78, 5) is 33.8. The first-order chi connectivity index (χ1) is 11.1. The summed E-state index contributed by atoms with van der Waals surface area (Å²) >= 11 is 1.27. The molecule has 118 valence electrons. The summed E-state index contributed by atoms with van der Waals surface area (Å²) in [5, 5.41) is 18.5. The molecular weight excluding hydrogens is 320 g/mol. The smallest absolute Gasteiger partial charge is 0.270 e. The number of carbonyl (C=O) groups is 2. The molecule has 0 aliphatic carbocycles. The van der Waals surface area contributed by atoms with E-state index in [1.54, 1.807) is 23.6 Å². The highest BCUT2D eigenvalue weighted by molar-refractivity contribution is 7.12. The summed E-state index contributed by atoms with van der Waals surface area (Å²) in [6.45, 7) is -0.219. The standard InChI is InChI=1S/C14H12N4O4S/c19-13(9-15-14(20)12-5-2-6-23-12)17-16-8-10-3-1-4-11(7-10)18(21)22/h1-8H,9H2,(H,15,20)(H,17,19). The number of carbonyl (C=O) groups excluding carboxylic acids is 2. The van der Waals surface area contributed by atoms with Gasteiger partial charge >= 0.3 is 0 Å². The maximum Gasteiger partial charge on any atom is 0.270 e. The molecule has 0 spiro atoms. The van der Waals surface area contributed by atoms with Crippen LogP contribution in [-0.2, 0) is 4.79 Å². The van der Waals surface area contributed by atoms with Gasteiger partial charge in [0.15, 0.2) is 0 Å². The fourth-order valence-corrected chi connectivity index (χ4v) is 2.23. The summed E-state index contributed by atoms with van der Waals surface area (Å²) in [6.07, 6.45) is 1.28. The van der Waals surface area contributed by atoms with Crippen molar-refractivity contribution in [2.24, 2.45) is 5.10 Å². The minimum atomic E-state index is -0.518. The van der Waals surface area contributed by atoms with Gasteiger partial charge in [0.25, 0.3) is 17.5 Å². The van der Waals surface area contributed by atoms with Gasteiger partial charge in [0, 0.05) is 17.7 Å². The lowest BCUT2D eigenvalue weighted by Crippen LogP contribution is -2.34. The Kier molecular flexibility index (Phi) is 5.53. The lowest BCUT2D eigenvalue weighted by molar-refractivity contribution is -0.384. The molecule has 0 unspecified atom stereocenters. The van der Waals surface area contributed by atoms with Crippen molar-refractivity contribution >= 4 is 35.1 Å². The highest BCUT2D eigenvalue weighted by atomic mass is 32.1. The molecule has 23 heavy (non-hydrogen) atoms. The molecule has 0 atom stereocenters. The van der Waals surface area contributed by atoms with Gasteiger partial charge in [0.05, 0.1) is 22.6 Å². The summed E-state index contributed by atoms with van der Waals surface area (Å²) in [5.41, 5.74) is 2.64. The quantitative estimate of drug-likeness (QED) is 0.474. The first-order valence-electron chi connectivity index (χ1n) is 6.44. The molecule has 2 N–H and O–H groups in total. The monoisotopic (exact) mass is 332 g/mol. The van der Waals surface area contributed by atoms with E-state index in [-0.39, 0.29) is 18.1 Å². The molecule has 8 nitrogen and oxygen atoms in total. The van der Waals surface area contributed by atoms with E-state index in [0.717, 1.165) is 0 Å². The third kappa shape index (κ3) is 5.00. The lowest BCUT2D eigenvalue weighted by Gasteiger charge is -2.02. The third-order valence-corrected chi connectivity index (χ3v) is 3.51. The molecule has 1 heterocycles. The van der Waals surface area contributed by atoms with E-state index in [0.29, 0.717) is 10.4 Å². The van der Waals surface area contributed by atoms with Crippen molar-refractivity contribution in [3.63, 3.8) is 0 Å². The van der Waals surface area contributed by atoms with Gasteiger partial charge < -0.3 is 5.32 Å². The van der Waals surface area contributed by atoms with E-state index in [4.69, 9.17) is 0 Å². The van der Waals surface area contributed by atoms with Gasteiger partial charge in [-0.05, 0) is 11.4 Å². The first-order valence-corrected chi connectivity index (χ1v) is 7.32. The third-order valence-electron chi connectivity index (χ3n) is 2.64. The van der Waals surface area contributed by atoms with Crippen molar-refractivity contribution in [2.45, 2.75) is 0 Å². The predicted octanol–water partition coefficient (Wildman–Crippen LogP) is 1.54. The minimum Gasteiger partial charge on any atom is -0.342 e. The predicted molar refractivity (Wildman–Crippen MR) is 85.5 cm³/mol. The summed E-state index contributed by atoms with van der Waals surface area (Å²) in [6, 6.07) is 9.20. The Morgan fingerprint density at radius 3 is 2.83 bits per heavy atom. The second kappa shape index (κ2) is 7.80. The van der Waals surface area contributed by atoms with Crippen LogP contribution in [0.15, 0.2) is 46.9 Å². The number of hydrogen-bond donors (Lipinski definition) is 2. The fourth-order valence-electron chi connectivity index (χ4n) is 1.59. The van der Waals surface area contributed by atoms with E-state index in [9.17, 15) is 19.7 Å². The van der Waals surface area contributed by atoms with Crippen LogP contribution in [0, 0.1) is 10.1 Å². The van der Waals surface area contributed by atoms with Crippen LogP contribution in [0.25, 0.3) is 0 Å². The number of non-ortho nitro benzene ring substituents is 1. The zero-order valence-corrected chi connectivity index (χ0v) is 12.6. The molecule has 1 aromatic heterocycles. The van der Waals surface area contributed by atoms with Crippen molar-refractivity contribution in [3.05, 3.63) is 62.3 Å². The minimum absolute atomic E-state index is 0.0662. The van der Waals surface area contributed by atoms with Gasteiger partial charge in [-0.3, -0.25) is 19.7 Å². The fraction of sp³-hybridized carbons (Fsp3) is 0.0714. The van der Waals surface area contributed by atoms with E-state index in [2.05, 4.69) is 15.8 Å². The largest absolute Gasteiger partial charge is 0.342 e. The van der Waals surface area contributed by atoms with Crippen LogP contribution in [0.1, 0.15) is 15.2 Å². The van der Waals surface area contributed by atoms with Crippen LogP contribution in [0.3, 0.4) is 0 Å². The van der Waals surface area contributed by atoms with Gasteiger partial charge in [-0.15, -0.1) is 11.3 Å². The van der Waals surface area contributed by atoms with Crippen molar-refractivity contribution in [1.82, 2.24) is 10.7 Å². The van der Waals surface area contributed by atoms with Gasteiger partial charge in [-0.25, -0.2) is 5.43 Å². The second-order valence-electron chi connectivity index (χ2n) is 4.31. The normalized spacial score (nSPS) is 10.4. The molecule has 0 saturated carbocycles.